The molecule has 1 aliphatic rings. The molecular formula is C50H51NO7. The Morgan fingerprint density at radius 3 is 1.64 bits per heavy atom. The molecule has 0 aliphatic carbocycles. The maximum atomic E-state index is 12.5. The van der Waals surface area contributed by atoms with Crippen molar-refractivity contribution in [1.82, 2.24) is 5.32 Å². The molecule has 7 rings (SSSR count). The van der Waals surface area contributed by atoms with E-state index in [1.165, 1.54) is 0 Å². The predicted octanol–water partition coefficient (Wildman–Crippen LogP) is 8.80. The molecule has 6 aromatic carbocycles. The van der Waals surface area contributed by atoms with Crippen LogP contribution in [0, 0.1) is 6.92 Å². The lowest BCUT2D eigenvalue weighted by Gasteiger charge is -2.47. The fourth-order valence-electron chi connectivity index (χ4n) is 7.43. The highest BCUT2D eigenvalue weighted by atomic mass is 16.6. The molecule has 58 heavy (non-hydrogen) atoms. The smallest absolute Gasteiger partial charge is 0.251 e. The summed E-state index contributed by atoms with van der Waals surface area (Å²) in [6, 6.07) is 53.4. The average Bonchev–Trinajstić information content (AvgIpc) is 3.28. The van der Waals surface area contributed by atoms with Crippen molar-refractivity contribution in [3.63, 3.8) is 0 Å². The molecule has 6 atom stereocenters. The van der Waals surface area contributed by atoms with Crippen LogP contribution in [-0.2, 0) is 50.1 Å². The van der Waals surface area contributed by atoms with Gasteiger partial charge in [-0.15, -0.1) is 0 Å². The zero-order chi connectivity index (χ0) is 40.1. The summed E-state index contributed by atoms with van der Waals surface area (Å²) < 4.78 is 33.9. The summed E-state index contributed by atoms with van der Waals surface area (Å²) >= 11 is 0. The van der Waals surface area contributed by atoms with E-state index in [1.54, 1.807) is 13.1 Å². The summed E-state index contributed by atoms with van der Waals surface area (Å²) in [4.78, 5) is 12.4. The first-order valence-corrected chi connectivity index (χ1v) is 19.8. The van der Waals surface area contributed by atoms with Gasteiger partial charge in [-0.25, -0.2) is 0 Å². The van der Waals surface area contributed by atoms with Crippen molar-refractivity contribution in [3.8, 4) is 11.1 Å². The molecule has 8 nitrogen and oxygen atoms in total. The fraction of sp³-hybridized carbons (Fsp3) is 0.260. The Morgan fingerprint density at radius 2 is 1.10 bits per heavy atom. The Labute approximate surface area is 341 Å². The zero-order valence-electron chi connectivity index (χ0n) is 33.0. The van der Waals surface area contributed by atoms with E-state index in [1.807, 2.05) is 165 Å². The number of ether oxygens (including phenoxy) is 5. The molecule has 1 aliphatic heterocycles. The maximum Gasteiger partial charge on any atom is 0.251 e. The average molecular weight is 778 g/mol. The van der Waals surface area contributed by atoms with Crippen molar-refractivity contribution in [3.05, 3.63) is 203 Å². The van der Waals surface area contributed by atoms with Gasteiger partial charge in [0.1, 0.15) is 36.6 Å². The first-order chi connectivity index (χ1) is 28.5. The Kier molecular flexibility index (Phi) is 14.3. The van der Waals surface area contributed by atoms with E-state index in [2.05, 4.69) is 5.32 Å². The molecular weight excluding hydrogens is 727 g/mol. The summed E-state index contributed by atoms with van der Waals surface area (Å²) in [5.74, 6) is -0.154. The van der Waals surface area contributed by atoms with E-state index in [0.717, 1.165) is 38.9 Å². The molecule has 1 heterocycles. The Bertz CT molecular complexity index is 2170. The molecule has 0 aromatic heterocycles. The van der Waals surface area contributed by atoms with Gasteiger partial charge in [0.2, 0.25) is 0 Å². The van der Waals surface area contributed by atoms with Gasteiger partial charge in [-0.3, -0.25) is 4.79 Å². The van der Waals surface area contributed by atoms with E-state index in [9.17, 15) is 9.90 Å². The molecule has 298 valence electrons. The molecule has 2 N–H and O–H groups in total. The van der Waals surface area contributed by atoms with Gasteiger partial charge in [-0.2, -0.15) is 0 Å². The standard InChI is InChI=1S/C50H51NO7/c1-35-28-41(40-24-15-25-42(29-40)50(53)51-2)26-27-43(35)45(52)47-49(57-33-39-22-13-6-14-23-39)48(56-32-38-20-11-5-12-21-38)46(55-31-37-18-9-4-10-19-37)44(58-47)34-54-30-36-16-7-3-8-17-36/h3-29,44-49,52H,30-34H2,1-2H3,(H,51,53)/t44-,45?,46+,47+,48+,49+/m0/s1. The SMILES string of the molecule is CNC(=O)c1cccc(-c2ccc(C(O)[C@H]3O[C@@H](COCc4ccccc4)[C@@H](OCc4ccccc4)[C@@H](OCc4ccccc4)[C@@H]3OCc3ccccc3)c(C)c2)c1. The van der Waals surface area contributed by atoms with Gasteiger partial charge in [0.25, 0.3) is 5.91 Å². The normalized spacial score (nSPS) is 19.7. The summed E-state index contributed by atoms with van der Waals surface area (Å²) in [5, 5.41) is 15.2. The molecule has 6 aromatic rings. The zero-order valence-corrected chi connectivity index (χ0v) is 33.0. The molecule has 1 amide bonds. The Hall–Kier alpha value is -5.45. The molecule has 0 radical (unpaired) electrons. The number of carbonyl (C=O) groups excluding carboxylic acids is 1. The number of amides is 1. The molecule has 0 bridgehead atoms. The lowest BCUT2D eigenvalue weighted by molar-refractivity contribution is -0.287. The molecule has 0 spiro atoms. The number of carbonyl (C=O) groups is 1. The van der Waals surface area contributed by atoms with Crippen molar-refractivity contribution in [2.75, 3.05) is 13.7 Å². The van der Waals surface area contributed by atoms with Gasteiger partial charge in [0.15, 0.2) is 0 Å². The van der Waals surface area contributed by atoms with Crippen LogP contribution in [0.25, 0.3) is 11.1 Å². The highest BCUT2D eigenvalue weighted by molar-refractivity contribution is 5.95. The van der Waals surface area contributed by atoms with Crippen LogP contribution in [0.3, 0.4) is 0 Å². The van der Waals surface area contributed by atoms with Gasteiger partial charge in [0, 0.05) is 12.6 Å². The van der Waals surface area contributed by atoms with Crippen LogP contribution in [-0.4, -0.2) is 55.2 Å². The predicted molar refractivity (Wildman–Crippen MR) is 225 cm³/mol. The van der Waals surface area contributed by atoms with E-state index in [4.69, 9.17) is 23.7 Å². The minimum atomic E-state index is -1.11. The number of hydrogen-bond acceptors (Lipinski definition) is 7. The molecule has 1 saturated heterocycles. The van der Waals surface area contributed by atoms with Crippen LogP contribution in [0.1, 0.15) is 49.8 Å². The minimum absolute atomic E-state index is 0.154. The summed E-state index contributed by atoms with van der Waals surface area (Å²) in [6.07, 6.45) is -4.66. The van der Waals surface area contributed by atoms with Crippen LogP contribution >= 0.6 is 0 Å². The minimum Gasteiger partial charge on any atom is -0.386 e. The summed E-state index contributed by atoms with van der Waals surface area (Å²) in [5.41, 5.74) is 7.97. The van der Waals surface area contributed by atoms with Gasteiger partial charge in [-0.1, -0.05) is 152 Å². The number of aliphatic hydroxyl groups is 1. The van der Waals surface area contributed by atoms with Crippen molar-refractivity contribution >= 4 is 5.91 Å². The van der Waals surface area contributed by atoms with E-state index in [-0.39, 0.29) is 19.1 Å². The Morgan fingerprint density at radius 1 is 0.603 bits per heavy atom. The van der Waals surface area contributed by atoms with Gasteiger partial charge < -0.3 is 34.1 Å². The van der Waals surface area contributed by atoms with E-state index >= 15 is 0 Å². The number of rotatable bonds is 17. The fourth-order valence-corrected chi connectivity index (χ4v) is 7.43. The first-order valence-electron chi connectivity index (χ1n) is 19.8. The van der Waals surface area contributed by atoms with Gasteiger partial charge >= 0.3 is 0 Å². The molecule has 8 heteroatoms. The van der Waals surface area contributed by atoms with Crippen molar-refractivity contribution in [2.24, 2.45) is 0 Å². The number of aliphatic hydroxyl groups excluding tert-OH is 1. The van der Waals surface area contributed by atoms with Crippen LogP contribution < -0.4 is 5.32 Å². The number of nitrogens with one attached hydrogen (secondary N) is 1. The molecule has 1 fully saturated rings. The van der Waals surface area contributed by atoms with Crippen LogP contribution in [0.2, 0.25) is 0 Å². The first kappa shape index (κ1) is 40.7. The quantitative estimate of drug-likeness (QED) is 0.0957. The topological polar surface area (TPSA) is 95.5 Å². The number of benzene rings is 6. The lowest BCUT2D eigenvalue weighted by atomic mass is 9.87. The lowest BCUT2D eigenvalue weighted by Crippen LogP contribution is -2.62. The highest BCUT2D eigenvalue weighted by Crippen LogP contribution is 2.38. The second kappa shape index (κ2) is 20.3. The maximum absolute atomic E-state index is 12.5. The van der Waals surface area contributed by atoms with Gasteiger partial charge in [0.05, 0.1) is 33.0 Å². The van der Waals surface area contributed by atoms with Crippen LogP contribution in [0.15, 0.2) is 164 Å². The highest BCUT2D eigenvalue weighted by Gasteiger charge is 2.51. The third-order valence-electron chi connectivity index (χ3n) is 10.5. The number of aryl methyl sites for hydroxylation is 1. The molecule has 0 saturated carbocycles. The second-order valence-electron chi connectivity index (χ2n) is 14.6. The second-order valence-corrected chi connectivity index (χ2v) is 14.6. The van der Waals surface area contributed by atoms with Crippen molar-refractivity contribution in [2.45, 2.75) is 70.0 Å². The third-order valence-corrected chi connectivity index (χ3v) is 10.5. The van der Waals surface area contributed by atoms with E-state index in [0.29, 0.717) is 30.9 Å². The van der Waals surface area contributed by atoms with Crippen LogP contribution in [0.5, 0.6) is 0 Å². The van der Waals surface area contributed by atoms with E-state index < -0.39 is 36.6 Å². The summed E-state index contributed by atoms with van der Waals surface area (Å²) in [6.45, 7) is 3.42. The largest absolute Gasteiger partial charge is 0.386 e. The van der Waals surface area contributed by atoms with Crippen molar-refractivity contribution < 1.29 is 33.6 Å². The summed E-state index contributed by atoms with van der Waals surface area (Å²) in [7, 11) is 1.62. The Balaban J connectivity index is 1.25. The van der Waals surface area contributed by atoms with Crippen molar-refractivity contribution in [1.29, 1.82) is 0 Å². The molecule has 1 unspecified atom stereocenters. The number of hydrogen-bond donors (Lipinski definition) is 2. The third kappa shape index (κ3) is 10.5. The van der Waals surface area contributed by atoms with Gasteiger partial charge in [-0.05, 0) is 63.6 Å². The monoisotopic (exact) mass is 777 g/mol. The van der Waals surface area contributed by atoms with Crippen LogP contribution in [0.4, 0.5) is 0 Å².